The molecule has 68 valence electrons. The van der Waals surface area contributed by atoms with Gasteiger partial charge < -0.3 is 9.66 Å². The minimum absolute atomic E-state index is 0. The summed E-state index contributed by atoms with van der Waals surface area (Å²) in [6, 6.07) is 0. The molecule has 0 rings (SSSR count). The molecule has 1 atom stereocenters. The Morgan fingerprint density at radius 2 is 1.92 bits per heavy atom. The Balaban J connectivity index is 0. The summed E-state index contributed by atoms with van der Waals surface area (Å²) in [5.74, 6) is -0.464. The summed E-state index contributed by atoms with van der Waals surface area (Å²) in [4.78, 5) is 0. The van der Waals surface area contributed by atoms with Crippen LogP contribution in [0.15, 0.2) is 0 Å². The summed E-state index contributed by atoms with van der Waals surface area (Å²) < 4.78 is 30.2. The van der Waals surface area contributed by atoms with Crippen molar-refractivity contribution in [2.75, 3.05) is 5.75 Å². The van der Waals surface area contributed by atoms with Gasteiger partial charge in [0.15, 0.2) is 0 Å². The van der Waals surface area contributed by atoms with E-state index in [-0.39, 0.29) is 36.0 Å². The van der Waals surface area contributed by atoms with Crippen molar-refractivity contribution < 1.29 is 47.6 Å². The zero-order valence-corrected chi connectivity index (χ0v) is 10.3. The molecule has 6 heteroatoms. The Bertz CT molecular complexity index is 190. The Morgan fingerprint density at radius 1 is 1.42 bits per heavy atom. The van der Waals surface area contributed by atoms with E-state index in [0.717, 1.165) is 6.42 Å². The van der Waals surface area contributed by atoms with Crippen molar-refractivity contribution in [1.82, 2.24) is 0 Å². The van der Waals surface area contributed by atoms with Gasteiger partial charge in [-0.1, -0.05) is 13.3 Å². The van der Waals surface area contributed by atoms with Crippen LogP contribution in [0.25, 0.3) is 0 Å². The molecule has 0 heterocycles. The van der Waals surface area contributed by atoms with Gasteiger partial charge in [0.2, 0.25) is 0 Å². The molecule has 12 heavy (non-hydrogen) atoms. The second kappa shape index (κ2) is 7.29. The molecule has 0 bridgehead atoms. The third kappa shape index (κ3) is 10.9. The fourth-order valence-corrected chi connectivity index (χ4v) is 1.32. The van der Waals surface area contributed by atoms with Crippen LogP contribution in [0.3, 0.4) is 0 Å². The van der Waals surface area contributed by atoms with Crippen LogP contribution in [0, 0.1) is 0 Å². The van der Waals surface area contributed by atoms with E-state index in [4.69, 9.17) is 5.11 Å². The summed E-state index contributed by atoms with van der Waals surface area (Å²) in [7, 11) is -4.15. The van der Waals surface area contributed by atoms with Crippen molar-refractivity contribution in [3.63, 3.8) is 0 Å². The zero-order chi connectivity index (χ0) is 8.91. The van der Waals surface area contributed by atoms with Crippen LogP contribution >= 0.6 is 0 Å². The minimum Gasteiger partial charge on any atom is -0.748 e. The van der Waals surface area contributed by atoms with E-state index in [2.05, 4.69) is 0 Å². The van der Waals surface area contributed by atoms with Crippen molar-refractivity contribution >= 4 is 10.1 Å². The summed E-state index contributed by atoms with van der Waals surface area (Å²) in [5, 5.41) is 9.01. The van der Waals surface area contributed by atoms with E-state index >= 15 is 0 Å². The molecule has 0 saturated carbocycles. The molecular weight excluding hydrogens is 191 g/mol. The van der Waals surface area contributed by atoms with E-state index < -0.39 is 22.0 Å². The third-order valence-corrected chi connectivity index (χ3v) is 2.06. The van der Waals surface area contributed by atoms with Crippen LogP contribution < -0.4 is 29.6 Å². The first-order valence-corrected chi connectivity index (χ1v) is 5.15. The zero-order valence-electron chi connectivity index (χ0n) is 7.49. The monoisotopic (exact) mass is 204 g/mol. The quantitative estimate of drug-likeness (QED) is 0.384. The van der Waals surface area contributed by atoms with Gasteiger partial charge in [-0.25, -0.2) is 8.42 Å². The van der Waals surface area contributed by atoms with Gasteiger partial charge in [-0.15, -0.1) is 0 Å². The van der Waals surface area contributed by atoms with Crippen molar-refractivity contribution in [2.45, 2.75) is 32.3 Å². The molecule has 0 amide bonds. The Hall–Kier alpha value is 0.870. The van der Waals surface area contributed by atoms with Crippen LogP contribution in [-0.2, 0) is 10.1 Å². The molecule has 4 nitrogen and oxygen atoms in total. The maximum atomic E-state index is 10.1. The van der Waals surface area contributed by atoms with E-state index in [0.29, 0.717) is 6.42 Å². The second-order valence-corrected chi connectivity index (χ2v) is 4.02. The predicted molar refractivity (Wildman–Crippen MR) is 40.1 cm³/mol. The number of aliphatic hydroxyl groups excluding tert-OH is 1. The fraction of sp³-hybridized carbons (Fsp3) is 1.00. The van der Waals surface area contributed by atoms with Gasteiger partial charge in [-0.05, 0) is 12.8 Å². The minimum atomic E-state index is -4.15. The largest absolute Gasteiger partial charge is 1.00 e. The SMILES string of the molecule is CCCC(O)CCS(=O)(=O)[O-].[Na+]. The van der Waals surface area contributed by atoms with Crippen LogP contribution in [0.2, 0.25) is 0 Å². The molecule has 1 unspecified atom stereocenters. The molecule has 1 N–H and O–H groups in total. The number of aliphatic hydroxyl groups is 1. The maximum absolute atomic E-state index is 10.1. The fourth-order valence-electron chi connectivity index (χ4n) is 0.758. The first-order valence-electron chi connectivity index (χ1n) is 3.57. The van der Waals surface area contributed by atoms with Crippen molar-refractivity contribution in [3.8, 4) is 0 Å². The number of rotatable bonds is 5. The van der Waals surface area contributed by atoms with Crippen molar-refractivity contribution in [1.29, 1.82) is 0 Å². The predicted octanol–water partition coefficient (Wildman–Crippen LogP) is -2.91. The van der Waals surface area contributed by atoms with E-state index in [9.17, 15) is 13.0 Å². The Morgan fingerprint density at radius 3 is 2.25 bits per heavy atom. The summed E-state index contributed by atoms with van der Waals surface area (Å²) in [6.07, 6.45) is 0.749. The standard InChI is InChI=1S/C6H14O4S.Na/c1-2-3-6(7)4-5-11(8,9)10;/h6-7H,2-5H2,1H3,(H,8,9,10);/q;+1/p-1. The van der Waals surface area contributed by atoms with Gasteiger partial charge in [-0.3, -0.25) is 0 Å². The van der Waals surface area contributed by atoms with Gasteiger partial charge in [0.05, 0.1) is 16.2 Å². The molecule has 0 spiro atoms. The normalized spacial score (nSPS) is 13.6. The molecular formula is C6H13NaO4S. The maximum Gasteiger partial charge on any atom is 1.00 e. The average molecular weight is 204 g/mol. The molecule has 0 saturated heterocycles. The van der Waals surface area contributed by atoms with Gasteiger partial charge in [0.25, 0.3) is 0 Å². The van der Waals surface area contributed by atoms with Gasteiger partial charge in [-0.2, -0.15) is 0 Å². The Labute approximate surface area is 95.4 Å². The molecule has 0 aromatic rings. The van der Waals surface area contributed by atoms with Gasteiger partial charge in [0, 0.05) is 5.75 Å². The number of hydrogen-bond donors (Lipinski definition) is 1. The van der Waals surface area contributed by atoms with Crippen LogP contribution in [0.4, 0.5) is 0 Å². The first-order chi connectivity index (χ1) is 4.95. The summed E-state index contributed by atoms with van der Waals surface area (Å²) >= 11 is 0. The molecule has 0 radical (unpaired) electrons. The van der Waals surface area contributed by atoms with E-state index in [1.54, 1.807) is 0 Å². The molecule has 0 aromatic carbocycles. The average Bonchev–Trinajstić information content (AvgIpc) is 1.83. The molecule has 0 aromatic heterocycles. The molecule has 0 fully saturated rings. The van der Waals surface area contributed by atoms with Crippen molar-refractivity contribution in [3.05, 3.63) is 0 Å². The topological polar surface area (TPSA) is 77.4 Å². The molecule has 0 aliphatic carbocycles. The van der Waals surface area contributed by atoms with Crippen molar-refractivity contribution in [2.24, 2.45) is 0 Å². The van der Waals surface area contributed by atoms with E-state index in [1.807, 2.05) is 6.92 Å². The third-order valence-electron chi connectivity index (χ3n) is 1.32. The summed E-state index contributed by atoms with van der Waals surface area (Å²) in [5.41, 5.74) is 0. The Kier molecular flexibility index (Phi) is 9.32. The smallest absolute Gasteiger partial charge is 0.748 e. The second-order valence-electron chi connectivity index (χ2n) is 2.49. The van der Waals surface area contributed by atoms with Crippen LogP contribution in [0.5, 0.6) is 0 Å². The molecule has 0 aliphatic heterocycles. The number of hydrogen-bond acceptors (Lipinski definition) is 4. The van der Waals surface area contributed by atoms with E-state index in [1.165, 1.54) is 0 Å². The first kappa shape index (κ1) is 15.3. The van der Waals surface area contributed by atoms with Crippen LogP contribution in [0.1, 0.15) is 26.2 Å². The summed E-state index contributed by atoms with van der Waals surface area (Å²) in [6.45, 7) is 1.88. The van der Waals surface area contributed by atoms with Gasteiger partial charge >= 0.3 is 29.6 Å². The van der Waals surface area contributed by atoms with Gasteiger partial charge in [0.1, 0.15) is 0 Å². The van der Waals surface area contributed by atoms with Crippen LogP contribution in [-0.4, -0.2) is 29.9 Å². The molecule has 0 aliphatic rings.